The van der Waals surface area contributed by atoms with Crippen LogP contribution in [0.25, 0.3) is 11.0 Å². The van der Waals surface area contributed by atoms with Crippen LogP contribution in [0.3, 0.4) is 0 Å². The first-order valence-corrected chi connectivity index (χ1v) is 8.79. The molecule has 0 aliphatic carbocycles. The molecule has 7 nitrogen and oxygen atoms in total. The molecule has 3 aromatic rings. The van der Waals surface area contributed by atoms with E-state index in [1.807, 2.05) is 4.72 Å². The molecule has 25 heavy (non-hydrogen) atoms. The summed E-state index contributed by atoms with van der Waals surface area (Å²) in [5, 5.41) is 0.297. The maximum atomic E-state index is 14.6. The van der Waals surface area contributed by atoms with Gasteiger partial charge in [0.15, 0.2) is 5.82 Å². The zero-order valence-electron chi connectivity index (χ0n) is 12.9. The number of hydrogen-bond donors (Lipinski definition) is 2. The lowest BCUT2D eigenvalue weighted by Gasteiger charge is -2.10. The van der Waals surface area contributed by atoms with Crippen molar-refractivity contribution in [1.29, 1.82) is 0 Å². The van der Waals surface area contributed by atoms with Crippen LogP contribution in [0.15, 0.2) is 30.9 Å². The van der Waals surface area contributed by atoms with Crippen LogP contribution in [0.2, 0.25) is 0 Å². The fraction of sp³-hybridized carbons (Fsp3) is 0.133. The third-order valence-electron chi connectivity index (χ3n) is 3.56. The van der Waals surface area contributed by atoms with E-state index in [-0.39, 0.29) is 11.3 Å². The van der Waals surface area contributed by atoms with Gasteiger partial charge in [-0.2, -0.15) is 0 Å². The molecule has 1 aromatic carbocycles. The highest BCUT2D eigenvalue weighted by atomic mass is 32.2. The normalized spacial score (nSPS) is 11.6. The Hall–Kier alpha value is -2.88. The van der Waals surface area contributed by atoms with Gasteiger partial charge in [0, 0.05) is 17.8 Å². The Morgan fingerprint density at radius 3 is 2.80 bits per heavy atom. The van der Waals surface area contributed by atoms with Crippen molar-refractivity contribution in [3.05, 3.63) is 53.6 Å². The Balaban J connectivity index is 2.12. The van der Waals surface area contributed by atoms with Crippen molar-refractivity contribution in [2.45, 2.75) is 6.92 Å². The quantitative estimate of drug-likeness (QED) is 0.674. The molecule has 0 fully saturated rings. The molecule has 0 saturated carbocycles. The van der Waals surface area contributed by atoms with E-state index >= 15 is 0 Å². The highest BCUT2D eigenvalue weighted by Crippen LogP contribution is 2.27. The molecule has 130 valence electrons. The van der Waals surface area contributed by atoms with Gasteiger partial charge in [0.2, 0.25) is 15.8 Å². The number of carbonyl (C=O) groups excluding carboxylic acids is 1. The number of benzene rings is 1. The lowest BCUT2D eigenvalue weighted by Crippen LogP contribution is -2.17. The minimum atomic E-state index is -3.79. The third-order valence-corrected chi connectivity index (χ3v) is 4.85. The molecular weight excluding hydrogens is 354 g/mol. The van der Waals surface area contributed by atoms with E-state index in [4.69, 9.17) is 0 Å². The van der Waals surface area contributed by atoms with Crippen LogP contribution in [0.1, 0.15) is 22.8 Å². The van der Waals surface area contributed by atoms with Crippen molar-refractivity contribution < 1.29 is 22.0 Å². The molecule has 0 radical (unpaired) electrons. The van der Waals surface area contributed by atoms with Gasteiger partial charge in [0.1, 0.15) is 17.8 Å². The van der Waals surface area contributed by atoms with E-state index in [1.165, 1.54) is 25.6 Å². The average Bonchev–Trinajstić information content (AvgIpc) is 3.01. The van der Waals surface area contributed by atoms with Crippen molar-refractivity contribution in [1.82, 2.24) is 15.0 Å². The van der Waals surface area contributed by atoms with Gasteiger partial charge in [-0.1, -0.05) is 0 Å². The minimum absolute atomic E-state index is 0.0242. The number of aromatic amines is 1. The number of nitrogens with zero attached hydrogens (tertiary/aromatic N) is 2. The Morgan fingerprint density at radius 2 is 2.08 bits per heavy atom. The molecule has 0 spiro atoms. The monoisotopic (exact) mass is 366 g/mol. The van der Waals surface area contributed by atoms with E-state index in [1.54, 1.807) is 0 Å². The van der Waals surface area contributed by atoms with Crippen molar-refractivity contribution in [3.8, 4) is 0 Å². The van der Waals surface area contributed by atoms with E-state index in [2.05, 4.69) is 15.0 Å². The molecule has 0 atom stereocenters. The molecule has 2 heterocycles. The molecule has 3 rings (SSSR count). The van der Waals surface area contributed by atoms with Crippen LogP contribution in [-0.2, 0) is 10.0 Å². The Bertz CT molecular complexity index is 1080. The fourth-order valence-electron chi connectivity index (χ4n) is 2.26. The van der Waals surface area contributed by atoms with E-state index < -0.39 is 38.7 Å². The Labute approximate surface area is 141 Å². The summed E-state index contributed by atoms with van der Waals surface area (Å²) in [6.45, 7) is 1.36. The maximum absolute atomic E-state index is 14.6. The van der Waals surface area contributed by atoms with Crippen LogP contribution >= 0.6 is 0 Å². The molecule has 10 heteroatoms. The summed E-state index contributed by atoms with van der Waals surface area (Å²) in [6, 6.07) is 1.75. The number of carbonyl (C=O) groups is 1. The summed E-state index contributed by atoms with van der Waals surface area (Å²) >= 11 is 0. The van der Waals surface area contributed by atoms with Gasteiger partial charge in [-0.25, -0.2) is 27.2 Å². The number of fused-ring (bicyclic) bond motifs is 1. The summed E-state index contributed by atoms with van der Waals surface area (Å²) in [5.41, 5.74) is -1.05. The van der Waals surface area contributed by atoms with Crippen LogP contribution in [0, 0.1) is 11.6 Å². The maximum Gasteiger partial charge on any atom is 0.232 e. The van der Waals surface area contributed by atoms with E-state index in [0.717, 1.165) is 12.1 Å². The van der Waals surface area contributed by atoms with Crippen molar-refractivity contribution in [3.63, 3.8) is 0 Å². The number of sulfonamides is 1. The first kappa shape index (κ1) is 17.0. The van der Waals surface area contributed by atoms with Gasteiger partial charge in [-0.05, 0) is 19.1 Å². The van der Waals surface area contributed by atoms with Gasteiger partial charge in [-0.3, -0.25) is 9.52 Å². The number of ketones is 1. The molecule has 0 saturated heterocycles. The predicted octanol–water partition coefficient (Wildman–Crippen LogP) is 2.23. The number of aromatic nitrogens is 3. The molecule has 0 aliphatic heterocycles. The van der Waals surface area contributed by atoms with Gasteiger partial charge in [0.25, 0.3) is 0 Å². The zero-order chi connectivity index (χ0) is 18.2. The lowest BCUT2D eigenvalue weighted by atomic mass is 10.0. The lowest BCUT2D eigenvalue weighted by molar-refractivity contribution is 0.103. The third kappa shape index (κ3) is 3.07. The number of nitrogens with one attached hydrogen (secondary N) is 2. The van der Waals surface area contributed by atoms with E-state index in [9.17, 15) is 22.0 Å². The van der Waals surface area contributed by atoms with Gasteiger partial charge < -0.3 is 4.98 Å². The summed E-state index contributed by atoms with van der Waals surface area (Å²) < 4.78 is 53.9. The number of hydrogen-bond acceptors (Lipinski definition) is 5. The summed E-state index contributed by atoms with van der Waals surface area (Å²) in [5.74, 6) is -3.64. The molecule has 0 amide bonds. The summed E-state index contributed by atoms with van der Waals surface area (Å²) in [4.78, 5) is 23.0. The topological polar surface area (TPSA) is 105 Å². The number of anilines is 1. The molecule has 2 N–H and O–H groups in total. The van der Waals surface area contributed by atoms with Gasteiger partial charge >= 0.3 is 0 Å². The van der Waals surface area contributed by atoms with Crippen molar-refractivity contribution in [2.24, 2.45) is 0 Å². The SMILES string of the molecule is CCS(=O)(=O)Nc1ccc(F)c(C(=O)c2c[nH]c3ncncc23)c1F. The second kappa shape index (κ2) is 6.20. The highest BCUT2D eigenvalue weighted by Gasteiger charge is 2.25. The number of halogens is 2. The Morgan fingerprint density at radius 1 is 1.32 bits per heavy atom. The summed E-state index contributed by atoms with van der Waals surface area (Å²) in [6.07, 6.45) is 3.86. The largest absolute Gasteiger partial charge is 0.345 e. The zero-order valence-corrected chi connectivity index (χ0v) is 13.7. The fourth-order valence-corrected chi connectivity index (χ4v) is 2.90. The number of H-pyrrole nitrogens is 1. The minimum Gasteiger partial charge on any atom is -0.345 e. The van der Waals surface area contributed by atoms with Crippen LogP contribution in [-0.4, -0.2) is 34.9 Å². The van der Waals surface area contributed by atoms with Crippen molar-refractivity contribution >= 4 is 32.5 Å². The number of rotatable bonds is 5. The average molecular weight is 366 g/mol. The predicted molar refractivity (Wildman–Crippen MR) is 86.8 cm³/mol. The molecule has 0 bridgehead atoms. The summed E-state index contributed by atoms with van der Waals surface area (Å²) in [7, 11) is -3.79. The standard InChI is InChI=1S/C15H12F2N4O3S/c1-2-25(23,24)21-11-4-3-10(16)12(13(11)17)14(22)8-6-19-15-9(8)5-18-7-20-15/h3-7,21H,2H2,1H3,(H,18,19,20). The van der Waals surface area contributed by atoms with Crippen LogP contribution in [0.4, 0.5) is 14.5 Å². The molecule has 0 aliphatic rings. The second-order valence-corrected chi connectivity index (χ2v) is 7.12. The van der Waals surface area contributed by atoms with Gasteiger partial charge in [-0.15, -0.1) is 0 Å². The smallest absolute Gasteiger partial charge is 0.232 e. The second-order valence-electron chi connectivity index (χ2n) is 5.11. The molecular formula is C15H12F2N4O3S. The van der Waals surface area contributed by atoms with Gasteiger partial charge in [0.05, 0.1) is 22.6 Å². The first-order chi connectivity index (χ1) is 11.8. The molecule has 2 aromatic heterocycles. The van der Waals surface area contributed by atoms with E-state index in [0.29, 0.717) is 11.0 Å². The van der Waals surface area contributed by atoms with Crippen LogP contribution < -0.4 is 4.72 Å². The first-order valence-electron chi connectivity index (χ1n) is 7.14. The Kier molecular flexibility index (Phi) is 4.21. The van der Waals surface area contributed by atoms with Crippen molar-refractivity contribution in [2.75, 3.05) is 10.5 Å². The van der Waals surface area contributed by atoms with Crippen LogP contribution in [0.5, 0.6) is 0 Å². The molecule has 0 unspecified atom stereocenters. The highest BCUT2D eigenvalue weighted by molar-refractivity contribution is 7.92.